The Morgan fingerprint density at radius 3 is 1.95 bits per heavy atom. The Labute approximate surface area is 110 Å². The first-order valence-electron chi connectivity index (χ1n) is 6.08. The minimum absolute atomic E-state index is 0.807. The zero-order chi connectivity index (χ0) is 12.8. The first-order valence-corrected chi connectivity index (χ1v) is 6.08. The van der Waals surface area contributed by atoms with Crippen LogP contribution < -0.4 is 0 Å². The summed E-state index contributed by atoms with van der Waals surface area (Å²) in [6.45, 7) is 0. The second-order valence-electron chi connectivity index (χ2n) is 4.51. The highest BCUT2D eigenvalue weighted by Gasteiger charge is 2.59. The van der Waals surface area contributed by atoms with E-state index in [1.807, 2.05) is 60.7 Å². The van der Waals surface area contributed by atoms with Gasteiger partial charge in [-0.25, -0.2) is 4.99 Å². The molecule has 2 bridgehead atoms. The van der Waals surface area contributed by atoms with E-state index in [1.54, 1.807) is 6.21 Å². The highest BCUT2D eigenvalue weighted by molar-refractivity contribution is 5.72. The molecule has 0 amide bonds. The van der Waals surface area contributed by atoms with Crippen LogP contribution >= 0.6 is 0 Å². The lowest BCUT2D eigenvalue weighted by molar-refractivity contribution is -0.350. The van der Waals surface area contributed by atoms with Crippen LogP contribution in [0.1, 0.15) is 11.1 Å². The molecule has 0 N–H and O–H groups in total. The van der Waals surface area contributed by atoms with Gasteiger partial charge in [0.25, 0.3) is 5.79 Å². The lowest BCUT2D eigenvalue weighted by Crippen LogP contribution is -2.26. The Morgan fingerprint density at radius 2 is 1.37 bits per heavy atom. The first kappa shape index (κ1) is 10.9. The van der Waals surface area contributed by atoms with Crippen molar-refractivity contribution in [2.75, 3.05) is 0 Å². The van der Waals surface area contributed by atoms with E-state index in [9.17, 15) is 0 Å². The molecule has 0 unspecified atom stereocenters. The fraction of sp³-hybridized carbons (Fsp3) is 0.133. The molecule has 2 aromatic rings. The first-order chi connectivity index (χ1) is 9.33. The molecule has 2 aliphatic heterocycles. The van der Waals surface area contributed by atoms with Crippen molar-refractivity contribution in [3.8, 4) is 0 Å². The van der Waals surface area contributed by atoms with Crippen molar-refractivity contribution in [1.29, 1.82) is 0 Å². The minimum Gasteiger partial charge on any atom is -0.281 e. The Balaban J connectivity index is 1.75. The number of aliphatic imine (C=N–C) groups is 1. The van der Waals surface area contributed by atoms with Gasteiger partial charge in [-0.3, -0.25) is 4.74 Å². The van der Waals surface area contributed by atoms with E-state index in [4.69, 9.17) is 14.5 Å². The largest absolute Gasteiger partial charge is 0.329 e. The van der Waals surface area contributed by atoms with E-state index in [0.717, 1.165) is 11.1 Å². The van der Waals surface area contributed by atoms with Crippen LogP contribution in [0.3, 0.4) is 0 Å². The van der Waals surface area contributed by atoms with Crippen molar-refractivity contribution in [3.63, 3.8) is 0 Å². The van der Waals surface area contributed by atoms with E-state index in [1.165, 1.54) is 0 Å². The average Bonchev–Trinajstić information content (AvgIpc) is 3.08. The van der Waals surface area contributed by atoms with E-state index in [0.29, 0.717) is 0 Å². The van der Waals surface area contributed by atoms with Crippen molar-refractivity contribution >= 4 is 6.21 Å². The summed E-state index contributed by atoms with van der Waals surface area (Å²) in [5, 5.41) is 0. The van der Waals surface area contributed by atoms with Gasteiger partial charge in [-0.15, -0.1) is 0 Å². The maximum absolute atomic E-state index is 5.95. The molecule has 2 aliphatic rings. The third-order valence-corrected chi connectivity index (χ3v) is 3.29. The Bertz CT molecular complexity index is 573. The smallest absolute Gasteiger partial charge is 0.281 e. The SMILES string of the molecule is C1=N[C@@]2(c3ccccc3)OO[C@]1(c1ccccc1)O2. The molecule has 1 saturated heterocycles. The van der Waals surface area contributed by atoms with Crippen LogP contribution in [0.15, 0.2) is 65.7 Å². The van der Waals surface area contributed by atoms with Gasteiger partial charge in [0.15, 0.2) is 0 Å². The second kappa shape index (κ2) is 3.74. The van der Waals surface area contributed by atoms with Gasteiger partial charge in [0.2, 0.25) is 0 Å². The van der Waals surface area contributed by atoms with Gasteiger partial charge in [0.1, 0.15) is 0 Å². The normalized spacial score (nSPS) is 31.8. The number of rotatable bonds is 2. The lowest BCUT2D eigenvalue weighted by atomic mass is 10.1. The van der Waals surface area contributed by atoms with Gasteiger partial charge in [0, 0.05) is 11.1 Å². The van der Waals surface area contributed by atoms with Crippen LogP contribution in [-0.4, -0.2) is 6.21 Å². The molecule has 0 aromatic heterocycles. The molecule has 94 valence electrons. The minimum atomic E-state index is -1.18. The van der Waals surface area contributed by atoms with E-state index >= 15 is 0 Å². The lowest BCUT2D eigenvalue weighted by Gasteiger charge is -2.17. The third kappa shape index (κ3) is 1.48. The van der Waals surface area contributed by atoms with Crippen LogP contribution in [0.4, 0.5) is 0 Å². The van der Waals surface area contributed by atoms with Crippen LogP contribution in [-0.2, 0) is 26.2 Å². The highest BCUT2D eigenvalue weighted by Crippen LogP contribution is 2.49. The summed E-state index contributed by atoms with van der Waals surface area (Å²) in [4.78, 5) is 15.1. The molecule has 4 rings (SSSR count). The second-order valence-corrected chi connectivity index (χ2v) is 4.51. The Morgan fingerprint density at radius 1 is 0.737 bits per heavy atom. The number of ether oxygens (including phenoxy) is 1. The van der Waals surface area contributed by atoms with Crippen LogP contribution in [0.5, 0.6) is 0 Å². The maximum Gasteiger partial charge on any atom is 0.329 e. The molecule has 2 aromatic carbocycles. The third-order valence-electron chi connectivity index (χ3n) is 3.29. The molecule has 0 spiro atoms. The summed E-state index contributed by atoms with van der Waals surface area (Å²) in [5.41, 5.74) is 1.66. The standard InChI is InChI=1S/C15H11NO3/c1-3-7-12(8-4-1)14-11-16-15(17-14,19-18-14)13-9-5-2-6-10-13/h1-11H/t14-,15-/m1/s1. The van der Waals surface area contributed by atoms with Crippen molar-refractivity contribution in [2.45, 2.75) is 11.7 Å². The summed E-state index contributed by atoms with van der Waals surface area (Å²) in [7, 11) is 0. The number of fused-ring (bicyclic) bond motifs is 2. The van der Waals surface area contributed by atoms with Crippen molar-refractivity contribution in [2.24, 2.45) is 4.99 Å². The Kier molecular flexibility index (Phi) is 2.14. The van der Waals surface area contributed by atoms with Crippen LogP contribution in [0.2, 0.25) is 0 Å². The molecular weight excluding hydrogens is 242 g/mol. The summed E-state index contributed by atoms with van der Waals surface area (Å²) in [6, 6.07) is 19.2. The van der Waals surface area contributed by atoms with Gasteiger partial charge in [0.05, 0.1) is 6.21 Å². The fourth-order valence-electron chi connectivity index (χ4n) is 2.31. The van der Waals surface area contributed by atoms with Crippen LogP contribution in [0.25, 0.3) is 0 Å². The van der Waals surface area contributed by atoms with Gasteiger partial charge < -0.3 is 0 Å². The number of benzene rings is 2. The van der Waals surface area contributed by atoms with Crippen molar-refractivity contribution in [1.82, 2.24) is 0 Å². The zero-order valence-electron chi connectivity index (χ0n) is 10.0. The molecule has 19 heavy (non-hydrogen) atoms. The average molecular weight is 253 g/mol. The monoisotopic (exact) mass is 253 g/mol. The zero-order valence-corrected chi connectivity index (χ0v) is 10.0. The molecule has 2 atom stereocenters. The van der Waals surface area contributed by atoms with E-state index in [-0.39, 0.29) is 0 Å². The maximum atomic E-state index is 5.95. The van der Waals surface area contributed by atoms with E-state index in [2.05, 4.69) is 4.99 Å². The van der Waals surface area contributed by atoms with Gasteiger partial charge in [-0.05, 0) is 0 Å². The quantitative estimate of drug-likeness (QED) is 0.772. The van der Waals surface area contributed by atoms with Gasteiger partial charge in [-0.2, -0.15) is 9.78 Å². The topological polar surface area (TPSA) is 40.0 Å². The van der Waals surface area contributed by atoms with Crippen LogP contribution in [0, 0.1) is 0 Å². The molecule has 0 aliphatic carbocycles. The Hall–Kier alpha value is -2.01. The molecular formula is C15H11NO3. The molecule has 4 heteroatoms. The predicted molar refractivity (Wildman–Crippen MR) is 68.0 cm³/mol. The summed E-state index contributed by atoms with van der Waals surface area (Å²) in [5.74, 6) is -2.23. The highest BCUT2D eigenvalue weighted by atomic mass is 17.3. The summed E-state index contributed by atoms with van der Waals surface area (Å²) >= 11 is 0. The molecule has 1 fully saturated rings. The number of nitrogens with zero attached hydrogens (tertiary/aromatic N) is 1. The fourth-order valence-corrected chi connectivity index (χ4v) is 2.31. The van der Waals surface area contributed by atoms with Crippen molar-refractivity contribution < 1.29 is 14.5 Å². The molecule has 2 heterocycles. The number of hydrogen-bond acceptors (Lipinski definition) is 4. The van der Waals surface area contributed by atoms with Gasteiger partial charge >= 0.3 is 5.91 Å². The molecule has 0 saturated carbocycles. The molecule has 0 radical (unpaired) electrons. The van der Waals surface area contributed by atoms with Crippen molar-refractivity contribution in [3.05, 3.63) is 71.8 Å². The molecule has 4 nitrogen and oxygen atoms in total. The van der Waals surface area contributed by atoms with E-state index < -0.39 is 11.7 Å². The summed E-state index contributed by atoms with van der Waals surface area (Å²) < 4.78 is 5.95. The number of hydrogen-bond donors (Lipinski definition) is 0. The predicted octanol–water partition coefficient (Wildman–Crippen LogP) is 2.71. The van der Waals surface area contributed by atoms with Gasteiger partial charge in [-0.1, -0.05) is 60.7 Å². The summed E-state index contributed by atoms with van der Waals surface area (Å²) in [6.07, 6.45) is 1.65.